The minimum absolute atomic E-state index is 0.294. The number of ether oxygens (including phenoxy) is 1. The first-order chi connectivity index (χ1) is 9.52. The van der Waals surface area contributed by atoms with E-state index in [1.165, 1.54) is 6.07 Å². The van der Waals surface area contributed by atoms with Crippen LogP contribution >= 0.6 is 0 Å². The smallest absolute Gasteiger partial charge is 0.167 e. The first kappa shape index (κ1) is 14.9. The lowest BCUT2D eigenvalue weighted by Crippen LogP contribution is -2.50. The minimum atomic E-state index is -0.387. The molecule has 112 valence electrons. The number of hydrogen-bond donors (Lipinski definition) is 1. The standard InChI is InChI=1S/C15H24FN3O/c1-4-7-20-15-9-14(13(17)8-12(15)16)19-6-5-18(3)11(2)10-19/h8-9,11H,4-7,10,17H2,1-3H3. The summed E-state index contributed by atoms with van der Waals surface area (Å²) < 4.78 is 19.3. The van der Waals surface area contributed by atoms with Crippen LogP contribution in [0.4, 0.5) is 15.8 Å². The second-order valence-electron chi connectivity index (χ2n) is 5.47. The van der Waals surface area contributed by atoms with E-state index in [0.29, 0.717) is 24.1 Å². The molecule has 1 fully saturated rings. The molecule has 1 saturated heterocycles. The Kier molecular flexibility index (Phi) is 4.70. The van der Waals surface area contributed by atoms with Gasteiger partial charge < -0.3 is 20.3 Å². The lowest BCUT2D eigenvalue weighted by atomic mass is 10.1. The van der Waals surface area contributed by atoms with Crippen LogP contribution in [-0.4, -0.2) is 44.2 Å². The maximum Gasteiger partial charge on any atom is 0.167 e. The molecule has 0 aromatic heterocycles. The summed E-state index contributed by atoms with van der Waals surface area (Å²) in [6.45, 7) is 7.45. The van der Waals surface area contributed by atoms with Gasteiger partial charge in [0.1, 0.15) is 0 Å². The molecule has 2 rings (SSSR count). The predicted octanol–water partition coefficient (Wildman–Crippen LogP) is 2.34. The minimum Gasteiger partial charge on any atom is -0.490 e. The number of benzene rings is 1. The van der Waals surface area contributed by atoms with Gasteiger partial charge in [-0.05, 0) is 20.4 Å². The maximum atomic E-state index is 13.8. The van der Waals surface area contributed by atoms with Crippen LogP contribution in [0.2, 0.25) is 0 Å². The summed E-state index contributed by atoms with van der Waals surface area (Å²) in [5.41, 5.74) is 7.33. The van der Waals surface area contributed by atoms with E-state index in [2.05, 4.69) is 23.8 Å². The third kappa shape index (κ3) is 3.15. The molecule has 0 saturated carbocycles. The first-order valence-corrected chi connectivity index (χ1v) is 7.20. The quantitative estimate of drug-likeness (QED) is 0.860. The van der Waals surface area contributed by atoms with E-state index in [-0.39, 0.29) is 5.82 Å². The summed E-state index contributed by atoms with van der Waals surface area (Å²) in [7, 11) is 2.12. The van der Waals surface area contributed by atoms with Crippen LogP contribution in [0.1, 0.15) is 20.3 Å². The molecular weight excluding hydrogens is 257 g/mol. The molecule has 2 N–H and O–H groups in total. The van der Waals surface area contributed by atoms with Crippen molar-refractivity contribution in [2.24, 2.45) is 0 Å². The Morgan fingerprint density at radius 3 is 2.80 bits per heavy atom. The van der Waals surface area contributed by atoms with Crippen LogP contribution in [0.5, 0.6) is 5.75 Å². The fraction of sp³-hybridized carbons (Fsp3) is 0.600. The number of nitrogen functional groups attached to an aromatic ring is 1. The van der Waals surface area contributed by atoms with Gasteiger partial charge in [-0.3, -0.25) is 0 Å². The molecule has 0 bridgehead atoms. The zero-order chi connectivity index (χ0) is 14.7. The Bertz CT molecular complexity index is 467. The van der Waals surface area contributed by atoms with E-state index in [0.717, 1.165) is 31.7 Å². The van der Waals surface area contributed by atoms with Crippen molar-refractivity contribution < 1.29 is 9.13 Å². The van der Waals surface area contributed by atoms with Crippen LogP contribution in [0.15, 0.2) is 12.1 Å². The summed E-state index contributed by atoms with van der Waals surface area (Å²) in [5.74, 6) is -0.0930. The highest BCUT2D eigenvalue weighted by molar-refractivity contribution is 5.70. The van der Waals surface area contributed by atoms with Crippen LogP contribution in [-0.2, 0) is 0 Å². The Morgan fingerprint density at radius 1 is 1.40 bits per heavy atom. The SMILES string of the molecule is CCCOc1cc(N2CCN(C)C(C)C2)c(N)cc1F. The molecule has 1 aromatic rings. The summed E-state index contributed by atoms with van der Waals surface area (Å²) in [6.07, 6.45) is 0.852. The summed E-state index contributed by atoms with van der Waals surface area (Å²) in [5, 5.41) is 0. The number of nitrogens with two attached hydrogens (primary N) is 1. The number of anilines is 2. The summed E-state index contributed by atoms with van der Waals surface area (Å²) in [4.78, 5) is 4.52. The lowest BCUT2D eigenvalue weighted by Gasteiger charge is -2.39. The molecule has 1 atom stereocenters. The largest absolute Gasteiger partial charge is 0.490 e. The first-order valence-electron chi connectivity index (χ1n) is 7.20. The fourth-order valence-corrected chi connectivity index (χ4v) is 2.42. The van der Waals surface area contributed by atoms with Gasteiger partial charge in [0.15, 0.2) is 11.6 Å². The zero-order valence-corrected chi connectivity index (χ0v) is 12.5. The van der Waals surface area contributed by atoms with Gasteiger partial charge in [0.25, 0.3) is 0 Å². The number of likely N-dealkylation sites (N-methyl/N-ethyl adjacent to an activating group) is 1. The van der Waals surface area contributed by atoms with Gasteiger partial charge >= 0.3 is 0 Å². The van der Waals surface area contributed by atoms with Gasteiger partial charge in [-0.1, -0.05) is 6.92 Å². The zero-order valence-electron chi connectivity index (χ0n) is 12.5. The number of hydrogen-bond acceptors (Lipinski definition) is 4. The second-order valence-corrected chi connectivity index (χ2v) is 5.47. The van der Waals surface area contributed by atoms with E-state index in [1.807, 2.05) is 6.92 Å². The number of nitrogens with zero attached hydrogens (tertiary/aromatic N) is 2. The average molecular weight is 281 g/mol. The molecule has 1 unspecified atom stereocenters. The van der Waals surface area contributed by atoms with Crippen LogP contribution in [0.25, 0.3) is 0 Å². The van der Waals surface area contributed by atoms with E-state index >= 15 is 0 Å². The molecule has 1 aliphatic rings. The van der Waals surface area contributed by atoms with Crippen molar-refractivity contribution in [3.8, 4) is 5.75 Å². The van der Waals surface area contributed by atoms with E-state index in [4.69, 9.17) is 10.5 Å². The molecule has 0 spiro atoms. The van der Waals surface area contributed by atoms with Crippen molar-refractivity contribution in [3.05, 3.63) is 17.9 Å². The van der Waals surface area contributed by atoms with Crippen molar-refractivity contribution in [1.29, 1.82) is 0 Å². The second kappa shape index (κ2) is 6.31. The van der Waals surface area contributed by atoms with Crippen molar-refractivity contribution in [1.82, 2.24) is 4.90 Å². The normalized spacial score (nSPS) is 20.2. The van der Waals surface area contributed by atoms with Gasteiger partial charge in [-0.15, -0.1) is 0 Å². The van der Waals surface area contributed by atoms with Crippen molar-refractivity contribution in [2.75, 3.05) is 43.9 Å². The van der Waals surface area contributed by atoms with E-state index in [9.17, 15) is 4.39 Å². The van der Waals surface area contributed by atoms with Crippen LogP contribution in [0.3, 0.4) is 0 Å². The predicted molar refractivity (Wildman–Crippen MR) is 80.9 cm³/mol. The Hall–Kier alpha value is -1.49. The Morgan fingerprint density at radius 2 is 2.15 bits per heavy atom. The Balaban J connectivity index is 2.22. The molecule has 0 amide bonds. The van der Waals surface area contributed by atoms with Gasteiger partial charge in [-0.25, -0.2) is 4.39 Å². The molecule has 0 aliphatic carbocycles. The monoisotopic (exact) mass is 281 g/mol. The highest BCUT2D eigenvalue weighted by Crippen LogP contribution is 2.32. The molecule has 4 nitrogen and oxygen atoms in total. The molecule has 0 radical (unpaired) electrons. The highest BCUT2D eigenvalue weighted by atomic mass is 19.1. The highest BCUT2D eigenvalue weighted by Gasteiger charge is 2.23. The topological polar surface area (TPSA) is 41.7 Å². The molecule has 20 heavy (non-hydrogen) atoms. The summed E-state index contributed by atoms with van der Waals surface area (Å²) >= 11 is 0. The number of rotatable bonds is 4. The third-order valence-corrected chi connectivity index (χ3v) is 3.84. The van der Waals surface area contributed by atoms with E-state index < -0.39 is 0 Å². The van der Waals surface area contributed by atoms with Crippen molar-refractivity contribution in [2.45, 2.75) is 26.3 Å². The lowest BCUT2D eigenvalue weighted by molar-refractivity contribution is 0.234. The third-order valence-electron chi connectivity index (χ3n) is 3.84. The Labute approximate surface area is 120 Å². The van der Waals surface area contributed by atoms with Gasteiger partial charge in [0, 0.05) is 37.8 Å². The number of halogens is 1. The molecule has 1 aromatic carbocycles. The molecule has 5 heteroatoms. The van der Waals surface area contributed by atoms with Gasteiger partial charge in [0.05, 0.1) is 18.0 Å². The van der Waals surface area contributed by atoms with Crippen LogP contribution < -0.4 is 15.4 Å². The maximum absolute atomic E-state index is 13.8. The number of piperazine rings is 1. The molecule has 1 heterocycles. The van der Waals surface area contributed by atoms with E-state index in [1.54, 1.807) is 6.07 Å². The van der Waals surface area contributed by atoms with Gasteiger partial charge in [-0.2, -0.15) is 0 Å². The summed E-state index contributed by atoms with van der Waals surface area (Å²) in [6, 6.07) is 3.55. The van der Waals surface area contributed by atoms with Crippen molar-refractivity contribution >= 4 is 11.4 Å². The molecular formula is C15H24FN3O. The van der Waals surface area contributed by atoms with Gasteiger partial charge in [0.2, 0.25) is 0 Å². The fourth-order valence-electron chi connectivity index (χ4n) is 2.42. The van der Waals surface area contributed by atoms with Crippen LogP contribution in [0, 0.1) is 5.82 Å². The molecule has 1 aliphatic heterocycles. The van der Waals surface area contributed by atoms with Crippen molar-refractivity contribution in [3.63, 3.8) is 0 Å². The average Bonchev–Trinajstić information content (AvgIpc) is 2.41.